The first-order valence-electron chi connectivity index (χ1n) is 7.95. The molecule has 1 saturated heterocycles. The molecule has 1 fully saturated rings. The third-order valence-electron chi connectivity index (χ3n) is 4.10. The molecule has 0 bridgehead atoms. The zero-order chi connectivity index (χ0) is 18.7. The molecule has 1 aliphatic rings. The minimum atomic E-state index is -3.14. The van der Waals surface area contributed by atoms with Crippen LogP contribution in [-0.2, 0) is 19.4 Å². The lowest BCUT2D eigenvalue weighted by Crippen LogP contribution is -2.45. The van der Waals surface area contributed by atoms with E-state index in [1.165, 1.54) is 11.8 Å². The Morgan fingerprint density at radius 1 is 1.15 bits per heavy atom. The van der Waals surface area contributed by atoms with E-state index < -0.39 is 21.7 Å². The van der Waals surface area contributed by atoms with Gasteiger partial charge in [-0.15, -0.1) is 11.8 Å². The highest BCUT2D eigenvalue weighted by Gasteiger charge is 2.33. The number of carbonyl (C=O) groups is 2. The van der Waals surface area contributed by atoms with Gasteiger partial charge in [-0.25, -0.2) is 8.42 Å². The quantitative estimate of drug-likeness (QED) is 0.593. The van der Waals surface area contributed by atoms with Crippen LogP contribution in [0.1, 0.15) is 6.42 Å². The van der Waals surface area contributed by atoms with Crippen molar-refractivity contribution in [3.05, 3.63) is 41.4 Å². The number of benzene rings is 2. The van der Waals surface area contributed by atoms with Crippen LogP contribution in [-0.4, -0.2) is 37.5 Å². The topological polar surface area (TPSA) is 92.3 Å². The molecule has 2 N–H and O–H groups in total. The molecule has 1 heterocycles. The van der Waals surface area contributed by atoms with E-state index in [1.807, 2.05) is 30.3 Å². The molecule has 0 aliphatic carbocycles. The van der Waals surface area contributed by atoms with Gasteiger partial charge in [0.1, 0.15) is 0 Å². The van der Waals surface area contributed by atoms with Gasteiger partial charge in [0, 0.05) is 15.3 Å². The van der Waals surface area contributed by atoms with E-state index in [4.69, 9.17) is 11.6 Å². The molecule has 9 heteroatoms. The van der Waals surface area contributed by atoms with Crippen molar-refractivity contribution in [3.8, 4) is 0 Å². The molecule has 0 unspecified atom stereocenters. The Balaban J connectivity index is 1.54. The molecular formula is C17H17ClN2O4S2. The Kier molecular flexibility index (Phi) is 5.74. The van der Waals surface area contributed by atoms with Crippen LogP contribution in [0.3, 0.4) is 0 Å². The number of hydrazine groups is 1. The van der Waals surface area contributed by atoms with Crippen LogP contribution in [0.15, 0.2) is 41.3 Å². The molecular weight excluding hydrogens is 396 g/mol. The van der Waals surface area contributed by atoms with E-state index in [0.29, 0.717) is 5.02 Å². The number of amides is 2. The number of thioether (sulfide) groups is 1. The van der Waals surface area contributed by atoms with Crippen molar-refractivity contribution in [2.75, 3.05) is 17.3 Å². The predicted octanol–water partition coefficient (Wildman–Crippen LogP) is 2.17. The fourth-order valence-corrected chi connectivity index (χ4v) is 5.78. The van der Waals surface area contributed by atoms with Crippen LogP contribution < -0.4 is 10.9 Å². The van der Waals surface area contributed by atoms with Crippen LogP contribution in [0.4, 0.5) is 0 Å². The summed E-state index contributed by atoms with van der Waals surface area (Å²) >= 11 is 7.57. The first-order chi connectivity index (χ1) is 12.4. The van der Waals surface area contributed by atoms with Crippen molar-refractivity contribution in [2.45, 2.75) is 11.3 Å². The lowest BCUT2D eigenvalue weighted by molar-refractivity contribution is -0.129. The van der Waals surface area contributed by atoms with Crippen molar-refractivity contribution in [1.82, 2.24) is 10.9 Å². The van der Waals surface area contributed by atoms with Crippen LogP contribution >= 0.6 is 23.4 Å². The molecule has 0 aromatic heterocycles. The third kappa shape index (κ3) is 4.49. The van der Waals surface area contributed by atoms with Crippen molar-refractivity contribution >= 4 is 55.8 Å². The lowest BCUT2D eigenvalue weighted by atomic mass is 10.1. The summed E-state index contributed by atoms with van der Waals surface area (Å²) in [6, 6.07) is 11.3. The van der Waals surface area contributed by atoms with Gasteiger partial charge in [-0.3, -0.25) is 20.4 Å². The summed E-state index contributed by atoms with van der Waals surface area (Å²) in [7, 11) is -3.14. The van der Waals surface area contributed by atoms with Crippen molar-refractivity contribution in [3.63, 3.8) is 0 Å². The average molecular weight is 413 g/mol. The molecule has 1 aliphatic heterocycles. The lowest BCUT2D eigenvalue weighted by Gasteiger charge is -2.11. The minimum absolute atomic E-state index is 0.0106. The van der Waals surface area contributed by atoms with Gasteiger partial charge in [0.25, 0.3) is 0 Å². The first-order valence-corrected chi connectivity index (χ1v) is 11.1. The zero-order valence-electron chi connectivity index (χ0n) is 13.7. The maximum Gasteiger partial charge on any atom is 0.248 e. The number of nitrogens with one attached hydrogen (secondary N) is 2. The summed E-state index contributed by atoms with van der Waals surface area (Å²) in [6.45, 7) is 0. The van der Waals surface area contributed by atoms with Crippen LogP contribution in [0.2, 0.25) is 5.02 Å². The molecule has 138 valence electrons. The van der Waals surface area contributed by atoms with E-state index in [9.17, 15) is 18.0 Å². The Morgan fingerprint density at radius 3 is 2.58 bits per heavy atom. The van der Waals surface area contributed by atoms with Crippen molar-refractivity contribution in [2.24, 2.45) is 5.92 Å². The number of hydrogen-bond donors (Lipinski definition) is 2. The summed E-state index contributed by atoms with van der Waals surface area (Å²) in [4.78, 5) is 24.8. The fourth-order valence-electron chi connectivity index (χ4n) is 2.80. The van der Waals surface area contributed by atoms with Crippen LogP contribution in [0.5, 0.6) is 0 Å². The van der Waals surface area contributed by atoms with Gasteiger partial charge < -0.3 is 0 Å². The van der Waals surface area contributed by atoms with Crippen molar-refractivity contribution < 1.29 is 18.0 Å². The summed E-state index contributed by atoms with van der Waals surface area (Å²) < 4.78 is 22.8. The highest BCUT2D eigenvalue weighted by atomic mass is 35.5. The Hall–Kier alpha value is -1.77. The third-order valence-corrected chi connectivity index (χ3v) is 7.24. The molecule has 3 rings (SSSR count). The number of rotatable bonds is 4. The number of sulfone groups is 1. The van der Waals surface area contributed by atoms with Gasteiger partial charge in [0.05, 0.1) is 23.2 Å². The highest BCUT2D eigenvalue weighted by Crippen LogP contribution is 2.33. The second kappa shape index (κ2) is 7.85. The average Bonchev–Trinajstić information content (AvgIpc) is 2.98. The molecule has 2 aromatic rings. The Morgan fingerprint density at radius 2 is 1.88 bits per heavy atom. The summed E-state index contributed by atoms with van der Waals surface area (Å²) in [5.74, 6) is -1.53. The van der Waals surface area contributed by atoms with Gasteiger partial charge in [-0.05, 0) is 23.9 Å². The second-order valence-corrected chi connectivity index (χ2v) is 9.67. The second-order valence-electron chi connectivity index (χ2n) is 6.02. The monoisotopic (exact) mass is 412 g/mol. The summed E-state index contributed by atoms with van der Waals surface area (Å²) in [5, 5.41) is 2.48. The van der Waals surface area contributed by atoms with E-state index in [2.05, 4.69) is 10.9 Å². The van der Waals surface area contributed by atoms with E-state index in [1.54, 1.807) is 6.07 Å². The summed E-state index contributed by atoms with van der Waals surface area (Å²) in [6.07, 6.45) is 0.285. The molecule has 0 radical (unpaired) electrons. The van der Waals surface area contributed by atoms with Gasteiger partial charge in [-0.2, -0.15) is 0 Å². The zero-order valence-corrected chi connectivity index (χ0v) is 16.1. The predicted molar refractivity (Wildman–Crippen MR) is 103 cm³/mol. The van der Waals surface area contributed by atoms with Crippen molar-refractivity contribution in [1.29, 1.82) is 0 Å². The van der Waals surface area contributed by atoms with E-state index in [-0.39, 0.29) is 29.6 Å². The fraction of sp³-hybridized carbons (Fsp3) is 0.294. The Labute approximate surface area is 160 Å². The number of carbonyl (C=O) groups excluding carboxylic acids is 2. The van der Waals surface area contributed by atoms with Gasteiger partial charge >= 0.3 is 0 Å². The maximum absolute atomic E-state index is 12.0. The van der Waals surface area contributed by atoms with Crippen LogP contribution in [0, 0.1) is 5.92 Å². The SMILES string of the molecule is O=C(CSc1cccc2cccc(Cl)c12)NNC(=O)[C@H]1CCS(=O)(=O)C1. The van der Waals surface area contributed by atoms with E-state index in [0.717, 1.165) is 15.7 Å². The van der Waals surface area contributed by atoms with Crippen LogP contribution in [0.25, 0.3) is 10.8 Å². The number of halogens is 1. The van der Waals surface area contributed by atoms with Gasteiger partial charge in [-0.1, -0.05) is 35.9 Å². The largest absolute Gasteiger partial charge is 0.273 e. The Bertz CT molecular complexity index is 957. The molecule has 2 aromatic carbocycles. The summed E-state index contributed by atoms with van der Waals surface area (Å²) in [5.41, 5.74) is 4.64. The first kappa shape index (κ1) is 19.0. The van der Waals surface area contributed by atoms with Gasteiger partial charge in [0.2, 0.25) is 11.8 Å². The molecule has 0 saturated carbocycles. The number of fused-ring (bicyclic) bond motifs is 1. The standard InChI is InChI=1S/C17H17ClN2O4S2/c18-13-5-1-3-11-4-2-6-14(16(11)13)25-9-15(21)19-20-17(22)12-7-8-26(23,24)10-12/h1-6,12H,7-10H2,(H,19,21)(H,20,22)/t12-/m0/s1. The highest BCUT2D eigenvalue weighted by molar-refractivity contribution is 8.00. The maximum atomic E-state index is 12.0. The molecule has 6 nitrogen and oxygen atoms in total. The van der Waals surface area contributed by atoms with E-state index >= 15 is 0 Å². The molecule has 0 spiro atoms. The molecule has 26 heavy (non-hydrogen) atoms. The normalized spacial score (nSPS) is 18.6. The molecule has 2 amide bonds. The minimum Gasteiger partial charge on any atom is -0.273 e. The number of hydrogen-bond acceptors (Lipinski definition) is 5. The smallest absolute Gasteiger partial charge is 0.248 e. The van der Waals surface area contributed by atoms with Gasteiger partial charge in [0.15, 0.2) is 9.84 Å². The molecule has 1 atom stereocenters.